The molecule has 6 heteroatoms. The third-order valence-electron chi connectivity index (χ3n) is 5.40. The van der Waals surface area contributed by atoms with E-state index in [1.54, 1.807) is 6.92 Å². The van der Waals surface area contributed by atoms with Gasteiger partial charge in [0.2, 0.25) is 0 Å². The van der Waals surface area contributed by atoms with Crippen LogP contribution in [-0.2, 0) is 28.5 Å². The van der Waals surface area contributed by atoms with Crippen LogP contribution in [0.2, 0.25) is 0 Å². The molecule has 0 aromatic heterocycles. The van der Waals surface area contributed by atoms with Crippen molar-refractivity contribution in [2.24, 2.45) is 5.92 Å². The van der Waals surface area contributed by atoms with Crippen molar-refractivity contribution in [3.8, 4) is 0 Å². The molecule has 0 bridgehead atoms. The first-order chi connectivity index (χ1) is 14.9. The summed E-state index contributed by atoms with van der Waals surface area (Å²) in [6.45, 7) is 5.62. The van der Waals surface area contributed by atoms with Gasteiger partial charge in [-0.05, 0) is 24.5 Å². The van der Waals surface area contributed by atoms with Gasteiger partial charge < -0.3 is 18.9 Å². The van der Waals surface area contributed by atoms with Crippen molar-refractivity contribution in [2.45, 2.75) is 51.6 Å². The van der Waals surface area contributed by atoms with E-state index in [2.05, 4.69) is 0 Å². The largest absolute Gasteiger partial charge is 0.460 e. The summed E-state index contributed by atoms with van der Waals surface area (Å²) in [7, 11) is 2.94. The quantitative estimate of drug-likeness (QED) is 0.485. The maximum absolute atomic E-state index is 12.8. The van der Waals surface area contributed by atoms with E-state index in [-0.39, 0.29) is 5.92 Å². The molecule has 0 saturated heterocycles. The number of methoxy groups -OCH3 is 2. The SMILES string of the molecule is CC[C@H](OC(=O)[C@@H](OC)c1ccccc1)[C@H](C)[C@H](C)OC(=O)[C@@H](OC)c1ccccc1. The molecule has 168 valence electrons. The summed E-state index contributed by atoms with van der Waals surface area (Å²) in [5, 5.41) is 0. The summed E-state index contributed by atoms with van der Waals surface area (Å²) in [4.78, 5) is 25.4. The van der Waals surface area contributed by atoms with Gasteiger partial charge in [0.15, 0.2) is 12.2 Å². The zero-order valence-electron chi connectivity index (χ0n) is 18.8. The monoisotopic (exact) mass is 428 g/mol. The molecule has 2 aromatic carbocycles. The molecule has 0 aliphatic carbocycles. The minimum Gasteiger partial charge on any atom is -0.460 e. The summed E-state index contributed by atoms with van der Waals surface area (Å²) in [6, 6.07) is 18.4. The molecular formula is C25H32O6. The summed E-state index contributed by atoms with van der Waals surface area (Å²) in [5.41, 5.74) is 1.45. The molecule has 0 N–H and O–H groups in total. The molecule has 5 atom stereocenters. The van der Waals surface area contributed by atoms with E-state index in [1.807, 2.05) is 74.5 Å². The van der Waals surface area contributed by atoms with Crippen molar-refractivity contribution >= 4 is 11.9 Å². The molecule has 31 heavy (non-hydrogen) atoms. The van der Waals surface area contributed by atoms with E-state index in [4.69, 9.17) is 18.9 Å². The fourth-order valence-corrected chi connectivity index (χ4v) is 3.42. The van der Waals surface area contributed by atoms with Crippen LogP contribution in [0.1, 0.15) is 50.5 Å². The van der Waals surface area contributed by atoms with Crippen molar-refractivity contribution in [3.05, 3.63) is 71.8 Å². The van der Waals surface area contributed by atoms with Crippen LogP contribution in [0.4, 0.5) is 0 Å². The van der Waals surface area contributed by atoms with E-state index in [0.717, 1.165) is 11.1 Å². The van der Waals surface area contributed by atoms with Crippen molar-refractivity contribution in [1.29, 1.82) is 0 Å². The second-order valence-corrected chi connectivity index (χ2v) is 7.44. The van der Waals surface area contributed by atoms with Crippen LogP contribution in [0.3, 0.4) is 0 Å². The first kappa shape index (κ1) is 24.6. The van der Waals surface area contributed by atoms with Crippen molar-refractivity contribution in [3.63, 3.8) is 0 Å². The van der Waals surface area contributed by atoms with Crippen LogP contribution >= 0.6 is 0 Å². The highest BCUT2D eigenvalue weighted by Crippen LogP contribution is 2.25. The van der Waals surface area contributed by atoms with Gasteiger partial charge in [-0.2, -0.15) is 0 Å². The van der Waals surface area contributed by atoms with Crippen LogP contribution in [-0.4, -0.2) is 38.4 Å². The summed E-state index contributed by atoms with van der Waals surface area (Å²) in [6.07, 6.45) is -1.96. The van der Waals surface area contributed by atoms with Gasteiger partial charge >= 0.3 is 11.9 Å². The lowest BCUT2D eigenvalue weighted by Gasteiger charge is -2.30. The average molecular weight is 429 g/mol. The number of ether oxygens (including phenoxy) is 4. The smallest absolute Gasteiger partial charge is 0.340 e. The molecule has 2 rings (SSSR count). The molecule has 0 fully saturated rings. The number of benzene rings is 2. The van der Waals surface area contributed by atoms with Gasteiger partial charge in [0.05, 0.1) is 0 Å². The first-order valence-electron chi connectivity index (χ1n) is 10.5. The molecule has 0 aliphatic rings. The maximum atomic E-state index is 12.8. The van der Waals surface area contributed by atoms with Gasteiger partial charge in [-0.3, -0.25) is 0 Å². The predicted octanol–water partition coefficient (Wildman–Crippen LogP) is 4.65. The minimum atomic E-state index is -0.811. The van der Waals surface area contributed by atoms with E-state index in [1.165, 1.54) is 14.2 Å². The molecular weight excluding hydrogens is 396 g/mol. The van der Waals surface area contributed by atoms with Gasteiger partial charge in [0.25, 0.3) is 0 Å². The highest BCUT2D eigenvalue weighted by molar-refractivity contribution is 5.77. The molecule has 0 unspecified atom stereocenters. The molecule has 2 aromatic rings. The lowest BCUT2D eigenvalue weighted by atomic mass is 9.96. The number of carbonyl (C=O) groups is 2. The van der Waals surface area contributed by atoms with Crippen LogP contribution < -0.4 is 0 Å². The Bertz CT molecular complexity index is 807. The van der Waals surface area contributed by atoms with Crippen LogP contribution in [0.5, 0.6) is 0 Å². The van der Waals surface area contributed by atoms with E-state index >= 15 is 0 Å². The second kappa shape index (κ2) is 12.2. The average Bonchev–Trinajstić information content (AvgIpc) is 2.79. The summed E-state index contributed by atoms with van der Waals surface area (Å²) < 4.78 is 22.1. The van der Waals surface area contributed by atoms with Gasteiger partial charge in [-0.15, -0.1) is 0 Å². The molecule has 0 heterocycles. The fourth-order valence-electron chi connectivity index (χ4n) is 3.42. The highest BCUT2D eigenvalue weighted by atomic mass is 16.6. The van der Waals surface area contributed by atoms with Gasteiger partial charge in [-0.1, -0.05) is 74.5 Å². The van der Waals surface area contributed by atoms with E-state index in [0.29, 0.717) is 6.42 Å². The van der Waals surface area contributed by atoms with E-state index < -0.39 is 36.4 Å². The third kappa shape index (κ3) is 6.64. The number of hydrogen-bond acceptors (Lipinski definition) is 6. The summed E-state index contributed by atoms with van der Waals surface area (Å²) >= 11 is 0. The Kier molecular flexibility index (Phi) is 9.69. The van der Waals surface area contributed by atoms with E-state index in [9.17, 15) is 9.59 Å². The lowest BCUT2D eigenvalue weighted by Crippen LogP contribution is -2.36. The van der Waals surface area contributed by atoms with Gasteiger partial charge in [0.1, 0.15) is 12.2 Å². The topological polar surface area (TPSA) is 71.1 Å². The normalized spacial score (nSPS) is 15.9. The standard InChI is InChI=1S/C25H32O6/c1-6-21(31-25(27)23(29-5)20-15-11-8-12-16-20)17(2)18(3)30-24(26)22(28-4)19-13-9-7-10-14-19/h7-18,21-23H,6H2,1-5H3/t17-,18+,21+,22+,23+/m1/s1. The fraction of sp³-hybridized carbons (Fsp3) is 0.440. The predicted molar refractivity (Wildman–Crippen MR) is 117 cm³/mol. The zero-order chi connectivity index (χ0) is 22.8. The Morgan fingerprint density at radius 2 is 1.16 bits per heavy atom. The second-order valence-electron chi connectivity index (χ2n) is 7.44. The van der Waals surface area contributed by atoms with Gasteiger partial charge in [-0.25, -0.2) is 9.59 Å². The van der Waals surface area contributed by atoms with Crippen LogP contribution in [0.15, 0.2) is 60.7 Å². The Morgan fingerprint density at radius 3 is 1.55 bits per heavy atom. The first-order valence-corrected chi connectivity index (χ1v) is 10.5. The third-order valence-corrected chi connectivity index (χ3v) is 5.40. The summed E-state index contributed by atoms with van der Waals surface area (Å²) in [5.74, 6) is -1.17. The molecule has 0 amide bonds. The highest BCUT2D eigenvalue weighted by Gasteiger charge is 2.32. The number of rotatable bonds is 11. The Hall–Kier alpha value is -2.70. The van der Waals surface area contributed by atoms with Gasteiger partial charge in [0, 0.05) is 20.1 Å². The minimum absolute atomic E-state index is 0.223. The van der Waals surface area contributed by atoms with Crippen LogP contribution in [0.25, 0.3) is 0 Å². The molecule has 0 aliphatic heterocycles. The number of hydrogen-bond donors (Lipinski definition) is 0. The lowest BCUT2D eigenvalue weighted by molar-refractivity contribution is -0.172. The zero-order valence-corrected chi connectivity index (χ0v) is 18.8. The Labute approximate surface area is 184 Å². The maximum Gasteiger partial charge on any atom is 0.340 e. The van der Waals surface area contributed by atoms with Crippen molar-refractivity contribution in [2.75, 3.05) is 14.2 Å². The van der Waals surface area contributed by atoms with Crippen LogP contribution in [0, 0.1) is 5.92 Å². The van der Waals surface area contributed by atoms with Crippen molar-refractivity contribution < 1.29 is 28.5 Å². The molecule has 6 nitrogen and oxygen atoms in total. The Morgan fingerprint density at radius 1 is 0.742 bits per heavy atom. The molecule has 0 radical (unpaired) electrons. The molecule has 0 saturated carbocycles. The van der Waals surface area contributed by atoms with Crippen molar-refractivity contribution in [1.82, 2.24) is 0 Å². The molecule has 0 spiro atoms. The number of carbonyl (C=O) groups excluding carboxylic acids is 2. The number of esters is 2. The Balaban J connectivity index is 2.02.